The third-order valence-corrected chi connectivity index (χ3v) is 5.38. The maximum Gasteiger partial charge on any atom is 0.274 e. The third kappa shape index (κ3) is 5.96. The van der Waals surface area contributed by atoms with Crippen LogP contribution in [0, 0.1) is 5.92 Å². The number of amides is 3. The molecule has 0 unspecified atom stereocenters. The first kappa shape index (κ1) is 23.5. The number of benzene rings is 1. The van der Waals surface area contributed by atoms with Crippen LogP contribution >= 0.6 is 0 Å². The molecule has 8 nitrogen and oxygen atoms in total. The Morgan fingerprint density at radius 1 is 1.19 bits per heavy atom. The second-order valence-corrected chi connectivity index (χ2v) is 8.55. The van der Waals surface area contributed by atoms with Crippen LogP contribution in [0.3, 0.4) is 0 Å². The monoisotopic (exact) mass is 439 g/mol. The normalized spacial score (nSPS) is 13.6. The Bertz CT molecular complexity index is 938. The molecule has 32 heavy (non-hydrogen) atoms. The zero-order chi connectivity index (χ0) is 23.1. The van der Waals surface area contributed by atoms with E-state index in [4.69, 9.17) is 0 Å². The molecular weight excluding hydrogens is 406 g/mol. The molecule has 172 valence electrons. The van der Waals surface area contributed by atoms with Crippen LogP contribution in [0.2, 0.25) is 0 Å². The van der Waals surface area contributed by atoms with Gasteiger partial charge in [-0.15, -0.1) is 0 Å². The van der Waals surface area contributed by atoms with Gasteiger partial charge in [-0.25, -0.2) is 0 Å². The van der Waals surface area contributed by atoms with Crippen molar-refractivity contribution in [3.05, 3.63) is 53.3 Å². The highest BCUT2D eigenvalue weighted by Crippen LogP contribution is 2.18. The number of fused-ring (bicyclic) bond motifs is 1. The topological polar surface area (TPSA) is 87.5 Å². The summed E-state index contributed by atoms with van der Waals surface area (Å²) >= 11 is 0. The Morgan fingerprint density at radius 3 is 2.62 bits per heavy atom. The highest BCUT2D eigenvalue weighted by molar-refractivity contribution is 5.98. The molecule has 1 aromatic heterocycles. The molecule has 0 spiro atoms. The summed E-state index contributed by atoms with van der Waals surface area (Å²) < 4.78 is 1.65. The van der Waals surface area contributed by atoms with Crippen molar-refractivity contribution in [1.82, 2.24) is 24.9 Å². The van der Waals surface area contributed by atoms with E-state index in [0.29, 0.717) is 45.0 Å². The molecule has 1 aliphatic rings. The Morgan fingerprint density at radius 2 is 1.94 bits per heavy atom. The largest absolute Gasteiger partial charge is 0.356 e. The van der Waals surface area contributed by atoms with Gasteiger partial charge in [0.1, 0.15) is 5.69 Å². The van der Waals surface area contributed by atoms with Crippen molar-refractivity contribution < 1.29 is 14.4 Å². The molecule has 0 aliphatic carbocycles. The van der Waals surface area contributed by atoms with Gasteiger partial charge in [-0.2, -0.15) is 5.10 Å². The predicted octanol–water partition coefficient (Wildman–Crippen LogP) is 2.55. The summed E-state index contributed by atoms with van der Waals surface area (Å²) in [5, 5.41) is 7.23. The maximum atomic E-state index is 13.2. The van der Waals surface area contributed by atoms with Gasteiger partial charge < -0.3 is 15.1 Å². The Kier molecular flexibility index (Phi) is 8.03. The van der Waals surface area contributed by atoms with E-state index >= 15 is 0 Å². The molecule has 0 bridgehead atoms. The van der Waals surface area contributed by atoms with Crippen molar-refractivity contribution in [1.29, 1.82) is 0 Å². The lowest BCUT2D eigenvalue weighted by Gasteiger charge is -2.23. The summed E-state index contributed by atoms with van der Waals surface area (Å²) in [6.07, 6.45) is 1.01. The van der Waals surface area contributed by atoms with E-state index in [1.165, 1.54) is 0 Å². The van der Waals surface area contributed by atoms with E-state index < -0.39 is 0 Å². The second kappa shape index (κ2) is 10.9. The lowest BCUT2D eigenvalue weighted by Crippen LogP contribution is -2.37. The second-order valence-electron chi connectivity index (χ2n) is 8.55. The van der Waals surface area contributed by atoms with Crippen LogP contribution in [-0.2, 0) is 17.9 Å². The van der Waals surface area contributed by atoms with Crippen LogP contribution in [0.5, 0.6) is 0 Å². The summed E-state index contributed by atoms with van der Waals surface area (Å²) in [6, 6.07) is 11.5. The summed E-state index contributed by atoms with van der Waals surface area (Å²) in [5.41, 5.74) is 1.76. The lowest BCUT2D eigenvalue weighted by atomic mass is 10.2. The minimum absolute atomic E-state index is 0.0820. The number of carbonyl (C=O) groups is 3. The molecule has 0 saturated carbocycles. The Hall–Kier alpha value is -3.16. The van der Waals surface area contributed by atoms with E-state index in [-0.39, 0.29) is 35.8 Å². The molecule has 0 atom stereocenters. The number of aryl methyl sites for hydroxylation is 1. The lowest BCUT2D eigenvalue weighted by molar-refractivity contribution is -0.121. The molecule has 2 heterocycles. The Balaban J connectivity index is 1.76. The molecule has 1 aliphatic heterocycles. The number of carbonyl (C=O) groups excluding carboxylic acids is 3. The predicted molar refractivity (Wildman–Crippen MR) is 122 cm³/mol. The van der Waals surface area contributed by atoms with Crippen molar-refractivity contribution >= 4 is 17.7 Å². The van der Waals surface area contributed by atoms with Crippen LogP contribution in [0.4, 0.5) is 0 Å². The van der Waals surface area contributed by atoms with Gasteiger partial charge in [0, 0.05) is 51.8 Å². The van der Waals surface area contributed by atoms with Crippen molar-refractivity contribution in [3.8, 4) is 0 Å². The van der Waals surface area contributed by atoms with Gasteiger partial charge in [0.05, 0.1) is 0 Å². The average molecular weight is 440 g/mol. The number of hydrogen-bond acceptors (Lipinski definition) is 4. The number of nitrogens with one attached hydrogen (secondary N) is 1. The van der Waals surface area contributed by atoms with Gasteiger partial charge in [-0.05, 0) is 24.8 Å². The minimum atomic E-state index is -0.244. The zero-order valence-corrected chi connectivity index (χ0v) is 19.2. The van der Waals surface area contributed by atoms with Crippen molar-refractivity contribution in [3.63, 3.8) is 0 Å². The van der Waals surface area contributed by atoms with Gasteiger partial charge in [-0.1, -0.05) is 44.2 Å². The first-order valence-electron chi connectivity index (χ1n) is 11.4. The maximum absolute atomic E-state index is 13.2. The molecule has 3 amide bonds. The van der Waals surface area contributed by atoms with Crippen LogP contribution in [0.25, 0.3) is 0 Å². The SMILES string of the molecule is CCNC(=O)CCN(CC(C)C)C(=O)c1cc2n(n1)CCCN(Cc1ccccc1)C2=O. The van der Waals surface area contributed by atoms with Gasteiger partial charge in [0.15, 0.2) is 5.69 Å². The standard InChI is InChI=1S/C24H33N5O3/c1-4-25-22(30)11-14-28(16-18(2)3)23(31)20-15-21-24(32)27(12-8-13-29(21)26-20)17-19-9-6-5-7-10-19/h5-7,9-10,15,18H,4,8,11-14,16-17H2,1-3H3,(H,25,30). The first-order chi connectivity index (χ1) is 15.4. The van der Waals surface area contributed by atoms with Crippen LogP contribution in [0.15, 0.2) is 36.4 Å². The number of hydrogen-bond donors (Lipinski definition) is 1. The van der Waals surface area contributed by atoms with Crippen LogP contribution in [-0.4, -0.2) is 63.5 Å². The quantitative estimate of drug-likeness (QED) is 0.651. The fourth-order valence-corrected chi connectivity index (χ4v) is 3.89. The van der Waals surface area contributed by atoms with Gasteiger partial charge in [0.25, 0.3) is 11.8 Å². The van der Waals surface area contributed by atoms with E-state index in [1.54, 1.807) is 15.6 Å². The molecule has 1 N–H and O–H groups in total. The van der Waals surface area contributed by atoms with Gasteiger partial charge in [-0.3, -0.25) is 19.1 Å². The van der Waals surface area contributed by atoms with Crippen molar-refractivity contribution in [2.75, 3.05) is 26.2 Å². The minimum Gasteiger partial charge on any atom is -0.356 e. The fourth-order valence-electron chi connectivity index (χ4n) is 3.89. The highest BCUT2D eigenvalue weighted by Gasteiger charge is 2.28. The number of nitrogens with zero attached hydrogens (tertiary/aromatic N) is 4. The van der Waals surface area contributed by atoms with E-state index in [2.05, 4.69) is 10.4 Å². The molecule has 2 aromatic rings. The van der Waals surface area contributed by atoms with E-state index in [1.807, 2.05) is 56.0 Å². The molecule has 8 heteroatoms. The molecule has 0 fully saturated rings. The first-order valence-corrected chi connectivity index (χ1v) is 11.4. The van der Waals surface area contributed by atoms with E-state index in [0.717, 1.165) is 12.0 Å². The van der Waals surface area contributed by atoms with Crippen LogP contribution in [0.1, 0.15) is 60.2 Å². The summed E-state index contributed by atoms with van der Waals surface area (Å²) in [6.45, 7) is 9.08. The third-order valence-electron chi connectivity index (χ3n) is 5.38. The van der Waals surface area contributed by atoms with Gasteiger partial charge >= 0.3 is 0 Å². The van der Waals surface area contributed by atoms with E-state index in [9.17, 15) is 14.4 Å². The number of aromatic nitrogens is 2. The smallest absolute Gasteiger partial charge is 0.274 e. The Labute approximate surface area is 189 Å². The zero-order valence-electron chi connectivity index (χ0n) is 19.2. The van der Waals surface area contributed by atoms with Crippen molar-refractivity contribution in [2.24, 2.45) is 5.92 Å². The van der Waals surface area contributed by atoms with Crippen molar-refractivity contribution in [2.45, 2.75) is 46.7 Å². The van der Waals surface area contributed by atoms with Crippen LogP contribution < -0.4 is 5.32 Å². The summed E-state index contributed by atoms with van der Waals surface area (Å²) in [7, 11) is 0. The molecule has 0 radical (unpaired) electrons. The summed E-state index contributed by atoms with van der Waals surface area (Å²) in [5.74, 6) is -0.195. The number of rotatable bonds is 9. The summed E-state index contributed by atoms with van der Waals surface area (Å²) in [4.78, 5) is 41.8. The molecular formula is C24H33N5O3. The fraction of sp³-hybridized carbons (Fsp3) is 0.500. The van der Waals surface area contributed by atoms with Gasteiger partial charge in [0.2, 0.25) is 5.91 Å². The molecule has 3 rings (SSSR count). The average Bonchev–Trinajstić information content (AvgIpc) is 3.14. The highest BCUT2D eigenvalue weighted by atomic mass is 16.2. The molecule has 0 saturated heterocycles. The molecule has 1 aromatic carbocycles.